The average Bonchev–Trinajstić information content (AvgIpc) is 3.77. The monoisotopic (exact) mass is 664 g/mol. The molecule has 4 saturated heterocycles. The zero-order valence-corrected chi connectivity index (χ0v) is 30.5. The fourth-order valence-corrected chi connectivity index (χ4v) is 12.8. The molecule has 0 aromatic heterocycles. The second kappa shape index (κ2) is 12.9. The third-order valence-corrected chi connectivity index (χ3v) is 15.7. The molecule has 0 aromatic carbocycles. The molecule has 1 N–H and O–H groups in total. The SMILES string of the molecule is C[C@@H]1CC[C@@]2(OC1)O[C@H]1C[C@H]3[C@@H]4CC=C5CC(NC(=O)CC(=O)N6CCN(CCN7CCCC7)CC6)CC[C@]5(C)[C@H]4CC[C@]3(C)[C@H]1[C@@H]2C. The number of piperazine rings is 1. The number of allylic oxidation sites excluding steroid dienone is 1. The summed E-state index contributed by atoms with van der Waals surface area (Å²) in [4.78, 5) is 33.2. The predicted molar refractivity (Wildman–Crippen MR) is 187 cm³/mol. The summed E-state index contributed by atoms with van der Waals surface area (Å²) in [6.07, 6.45) is 15.9. The molecule has 11 atom stereocenters. The number of rotatable bonds is 6. The number of carbonyl (C=O) groups excluding carboxylic acids is 2. The van der Waals surface area contributed by atoms with Gasteiger partial charge >= 0.3 is 0 Å². The summed E-state index contributed by atoms with van der Waals surface area (Å²) in [7, 11) is 0. The van der Waals surface area contributed by atoms with Gasteiger partial charge in [0.05, 0.1) is 12.7 Å². The second-order valence-electron chi connectivity index (χ2n) is 18.2. The third kappa shape index (κ3) is 5.81. The molecule has 0 radical (unpaired) electrons. The molecule has 8 nitrogen and oxygen atoms in total. The molecule has 8 rings (SSSR count). The number of nitrogens with one attached hydrogen (secondary N) is 1. The molecule has 4 aliphatic carbocycles. The van der Waals surface area contributed by atoms with Crippen LogP contribution >= 0.6 is 0 Å². The zero-order chi connectivity index (χ0) is 33.3. The average molecular weight is 665 g/mol. The third-order valence-electron chi connectivity index (χ3n) is 15.7. The van der Waals surface area contributed by atoms with Crippen molar-refractivity contribution in [2.45, 2.75) is 123 Å². The van der Waals surface area contributed by atoms with Crippen LogP contribution in [0.15, 0.2) is 11.6 Å². The molecule has 7 fully saturated rings. The summed E-state index contributed by atoms with van der Waals surface area (Å²) in [5, 5.41) is 3.31. The van der Waals surface area contributed by atoms with Crippen molar-refractivity contribution in [3.63, 3.8) is 0 Å². The van der Waals surface area contributed by atoms with Crippen molar-refractivity contribution in [1.82, 2.24) is 20.0 Å². The highest BCUT2D eigenvalue weighted by Crippen LogP contribution is 2.70. The lowest BCUT2D eigenvalue weighted by molar-refractivity contribution is -0.272. The number of ether oxygens (including phenoxy) is 2. The van der Waals surface area contributed by atoms with Crippen molar-refractivity contribution in [2.75, 3.05) is 59.0 Å². The predicted octanol–water partition coefficient (Wildman–Crippen LogP) is 5.47. The van der Waals surface area contributed by atoms with Gasteiger partial charge in [-0.2, -0.15) is 0 Å². The number of carbonyl (C=O) groups is 2. The maximum absolute atomic E-state index is 13.1. The van der Waals surface area contributed by atoms with Gasteiger partial charge in [-0.15, -0.1) is 0 Å². The van der Waals surface area contributed by atoms with Crippen LogP contribution in [0.3, 0.4) is 0 Å². The molecule has 48 heavy (non-hydrogen) atoms. The van der Waals surface area contributed by atoms with E-state index in [1.807, 2.05) is 4.90 Å². The van der Waals surface area contributed by atoms with Crippen LogP contribution in [0.5, 0.6) is 0 Å². The Kier molecular flexibility index (Phi) is 9.07. The lowest BCUT2D eigenvalue weighted by Crippen LogP contribution is -2.53. The molecule has 4 aliphatic heterocycles. The number of amides is 2. The van der Waals surface area contributed by atoms with E-state index in [-0.39, 0.29) is 35.5 Å². The Morgan fingerprint density at radius 3 is 2.40 bits per heavy atom. The normalized spacial score (nSPS) is 46.1. The summed E-state index contributed by atoms with van der Waals surface area (Å²) < 4.78 is 13.5. The maximum Gasteiger partial charge on any atom is 0.232 e. The van der Waals surface area contributed by atoms with Gasteiger partial charge in [-0.05, 0) is 118 Å². The molecule has 8 aliphatic rings. The minimum Gasteiger partial charge on any atom is -0.353 e. The van der Waals surface area contributed by atoms with E-state index < -0.39 is 0 Å². The van der Waals surface area contributed by atoms with E-state index in [9.17, 15) is 9.59 Å². The van der Waals surface area contributed by atoms with Crippen LogP contribution < -0.4 is 5.32 Å². The summed E-state index contributed by atoms with van der Waals surface area (Å²) in [5.41, 5.74) is 2.14. The first-order chi connectivity index (χ1) is 23.1. The van der Waals surface area contributed by atoms with E-state index in [1.54, 1.807) is 5.57 Å². The van der Waals surface area contributed by atoms with Crippen LogP contribution in [0.4, 0.5) is 0 Å². The number of nitrogens with zero attached hydrogens (tertiary/aromatic N) is 3. The molecule has 268 valence electrons. The first-order valence-electron chi connectivity index (χ1n) is 20.1. The van der Waals surface area contributed by atoms with Gasteiger partial charge < -0.3 is 24.6 Å². The highest BCUT2D eigenvalue weighted by atomic mass is 16.7. The van der Waals surface area contributed by atoms with Gasteiger partial charge in [-0.1, -0.05) is 39.3 Å². The number of hydrogen-bond acceptors (Lipinski definition) is 6. The lowest BCUT2D eigenvalue weighted by atomic mass is 9.46. The van der Waals surface area contributed by atoms with Gasteiger partial charge in [0, 0.05) is 57.6 Å². The van der Waals surface area contributed by atoms with E-state index in [2.05, 4.69) is 48.9 Å². The van der Waals surface area contributed by atoms with Gasteiger partial charge in [0.1, 0.15) is 6.42 Å². The molecular weight excluding hydrogens is 600 g/mol. The minimum atomic E-state index is -0.340. The van der Waals surface area contributed by atoms with Gasteiger partial charge in [0.15, 0.2) is 5.79 Å². The molecule has 2 amide bonds. The van der Waals surface area contributed by atoms with E-state index in [0.29, 0.717) is 29.3 Å². The van der Waals surface area contributed by atoms with Crippen LogP contribution in [0, 0.1) is 46.3 Å². The maximum atomic E-state index is 13.1. The molecular formula is C40H64N4O4. The van der Waals surface area contributed by atoms with Crippen LogP contribution in [-0.4, -0.2) is 103 Å². The van der Waals surface area contributed by atoms with Gasteiger partial charge in [-0.25, -0.2) is 0 Å². The molecule has 4 heterocycles. The van der Waals surface area contributed by atoms with Gasteiger partial charge in [0.25, 0.3) is 0 Å². The Bertz CT molecular complexity index is 1250. The topological polar surface area (TPSA) is 74.3 Å². The molecule has 8 heteroatoms. The highest BCUT2D eigenvalue weighted by Gasteiger charge is 2.68. The van der Waals surface area contributed by atoms with Crippen molar-refractivity contribution in [1.29, 1.82) is 0 Å². The molecule has 3 saturated carbocycles. The summed E-state index contributed by atoms with van der Waals surface area (Å²) >= 11 is 0. The summed E-state index contributed by atoms with van der Waals surface area (Å²) in [6, 6.07) is 0.145. The molecule has 1 spiro atoms. The van der Waals surface area contributed by atoms with E-state index >= 15 is 0 Å². The van der Waals surface area contributed by atoms with Gasteiger partial charge in [-0.3, -0.25) is 14.5 Å². The number of likely N-dealkylation sites (tertiary alicyclic amines) is 1. The number of fused-ring (bicyclic) bond motifs is 7. The van der Waals surface area contributed by atoms with Crippen LogP contribution in [0.1, 0.15) is 105 Å². The van der Waals surface area contributed by atoms with Crippen molar-refractivity contribution in [2.24, 2.45) is 46.3 Å². The van der Waals surface area contributed by atoms with E-state index in [0.717, 1.165) is 89.3 Å². The molecule has 0 aromatic rings. The van der Waals surface area contributed by atoms with Crippen LogP contribution in [-0.2, 0) is 19.1 Å². The second-order valence-corrected chi connectivity index (χ2v) is 18.2. The van der Waals surface area contributed by atoms with Crippen molar-refractivity contribution >= 4 is 11.8 Å². The minimum absolute atomic E-state index is 0.00697. The highest BCUT2D eigenvalue weighted by molar-refractivity contribution is 5.97. The Labute approximate surface area is 290 Å². The van der Waals surface area contributed by atoms with E-state index in [1.165, 1.54) is 58.0 Å². The number of hydrogen-bond donors (Lipinski definition) is 1. The van der Waals surface area contributed by atoms with Crippen molar-refractivity contribution < 1.29 is 19.1 Å². The lowest BCUT2D eigenvalue weighted by Gasteiger charge is -2.58. The van der Waals surface area contributed by atoms with E-state index in [4.69, 9.17) is 9.47 Å². The Morgan fingerprint density at radius 2 is 1.67 bits per heavy atom. The Hall–Kier alpha value is -1.48. The van der Waals surface area contributed by atoms with Crippen LogP contribution in [0.2, 0.25) is 0 Å². The fraction of sp³-hybridized carbons (Fsp3) is 0.900. The quantitative estimate of drug-likeness (QED) is 0.300. The fourth-order valence-electron chi connectivity index (χ4n) is 12.8. The van der Waals surface area contributed by atoms with Crippen molar-refractivity contribution in [3.05, 3.63) is 11.6 Å². The first-order valence-corrected chi connectivity index (χ1v) is 20.1. The largest absolute Gasteiger partial charge is 0.353 e. The Balaban J connectivity index is 0.838. The zero-order valence-electron chi connectivity index (χ0n) is 30.5. The molecule has 1 unspecified atom stereocenters. The Morgan fingerprint density at radius 1 is 0.917 bits per heavy atom. The van der Waals surface area contributed by atoms with Crippen molar-refractivity contribution in [3.8, 4) is 0 Å². The standard InChI is InChI=1S/C40H64N4O4/c1-27-9-14-40(47-26-27)28(2)37-34(48-40)24-33-31-8-7-29-23-30(10-12-38(29,3)32(31)11-13-39(33,37)4)41-35(45)25-36(46)44-21-19-43(20-22-44)18-17-42-15-5-6-16-42/h7,27-28,30-34,37H,5-6,8-26H2,1-4H3,(H,41,45)/t27-,28+,30?,31-,32+,33+,34+,37+,38+,39+,40-/m1/s1. The summed E-state index contributed by atoms with van der Waals surface area (Å²) in [6.45, 7) is 18.8. The molecule has 0 bridgehead atoms. The summed E-state index contributed by atoms with van der Waals surface area (Å²) in [5.74, 6) is 3.44. The van der Waals surface area contributed by atoms with Gasteiger partial charge in [0.2, 0.25) is 11.8 Å². The van der Waals surface area contributed by atoms with Crippen LogP contribution in [0.25, 0.3) is 0 Å². The smallest absolute Gasteiger partial charge is 0.232 e. The first kappa shape index (κ1) is 33.7.